The average molecular weight is 357 g/mol. The summed E-state index contributed by atoms with van der Waals surface area (Å²) in [7, 11) is 0. The SMILES string of the molecule is O=C(N[C@]1(Cc2c(F)cccc2F)CCNC1)n1ccc2nncc-2c1. The van der Waals surface area contributed by atoms with Gasteiger partial charge in [-0.1, -0.05) is 6.07 Å². The van der Waals surface area contributed by atoms with Gasteiger partial charge in [0.1, 0.15) is 11.6 Å². The molecular formula is C18H17F2N5O. The second-order valence-electron chi connectivity index (χ2n) is 6.55. The van der Waals surface area contributed by atoms with Crippen molar-refractivity contribution < 1.29 is 13.6 Å². The maximum absolute atomic E-state index is 14.1. The van der Waals surface area contributed by atoms with Gasteiger partial charge in [-0.3, -0.25) is 4.57 Å². The summed E-state index contributed by atoms with van der Waals surface area (Å²) in [6, 6.07) is 5.12. The number of nitrogens with zero attached hydrogens (tertiary/aromatic N) is 3. The van der Waals surface area contributed by atoms with Gasteiger partial charge in [0.25, 0.3) is 0 Å². The van der Waals surface area contributed by atoms with Crippen molar-refractivity contribution in [3.8, 4) is 11.3 Å². The van der Waals surface area contributed by atoms with Crippen molar-refractivity contribution in [2.24, 2.45) is 0 Å². The van der Waals surface area contributed by atoms with E-state index in [-0.39, 0.29) is 18.0 Å². The average Bonchev–Trinajstić information content (AvgIpc) is 3.27. The predicted octanol–water partition coefficient (Wildman–Crippen LogP) is 2.19. The molecule has 26 heavy (non-hydrogen) atoms. The Hall–Kier alpha value is -2.87. The van der Waals surface area contributed by atoms with E-state index < -0.39 is 17.2 Å². The molecular weight excluding hydrogens is 340 g/mol. The molecule has 0 radical (unpaired) electrons. The van der Waals surface area contributed by atoms with Crippen molar-refractivity contribution >= 4 is 6.03 Å². The molecule has 3 heterocycles. The highest BCUT2D eigenvalue weighted by Crippen LogP contribution is 2.25. The zero-order valence-electron chi connectivity index (χ0n) is 13.9. The number of nitrogens with one attached hydrogen (secondary N) is 2. The van der Waals surface area contributed by atoms with Crippen molar-refractivity contribution in [1.82, 2.24) is 25.4 Å². The highest BCUT2D eigenvalue weighted by Gasteiger charge is 2.37. The Morgan fingerprint density at radius 1 is 1.31 bits per heavy atom. The molecule has 0 unspecified atom stereocenters. The largest absolute Gasteiger partial charge is 0.330 e. The molecule has 6 nitrogen and oxygen atoms in total. The van der Waals surface area contributed by atoms with Gasteiger partial charge in [0.2, 0.25) is 0 Å². The third kappa shape index (κ3) is 3.03. The highest BCUT2D eigenvalue weighted by molar-refractivity contribution is 5.79. The number of pyridine rings is 1. The maximum atomic E-state index is 14.1. The molecule has 0 aromatic heterocycles. The van der Waals surface area contributed by atoms with Gasteiger partial charge in [-0.15, -0.1) is 0 Å². The van der Waals surface area contributed by atoms with E-state index in [1.54, 1.807) is 24.7 Å². The summed E-state index contributed by atoms with van der Waals surface area (Å²) in [4.78, 5) is 12.7. The van der Waals surface area contributed by atoms with Crippen LogP contribution in [0.1, 0.15) is 12.0 Å². The topological polar surface area (TPSA) is 71.8 Å². The maximum Gasteiger partial charge on any atom is 0.326 e. The van der Waals surface area contributed by atoms with E-state index in [0.29, 0.717) is 25.2 Å². The Morgan fingerprint density at radius 3 is 2.85 bits per heavy atom. The van der Waals surface area contributed by atoms with Crippen LogP contribution in [0.25, 0.3) is 11.3 Å². The van der Waals surface area contributed by atoms with Gasteiger partial charge in [-0.05, 0) is 31.2 Å². The molecule has 8 heteroatoms. The van der Waals surface area contributed by atoms with Crippen molar-refractivity contribution in [2.75, 3.05) is 13.1 Å². The smallest absolute Gasteiger partial charge is 0.326 e. The van der Waals surface area contributed by atoms with Crippen LogP contribution in [0.2, 0.25) is 0 Å². The fourth-order valence-electron chi connectivity index (χ4n) is 3.35. The first-order chi connectivity index (χ1) is 12.6. The lowest BCUT2D eigenvalue weighted by molar-refractivity contribution is 0.227. The summed E-state index contributed by atoms with van der Waals surface area (Å²) in [6.45, 7) is 1.10. The van der Waals surface area contributed by atoms with Crippen LogP contribution in [0.3, 0.4) is 0 Å². The van der Waals surface area contributed by atoms with E-state index in [4.69, 9.17) is 0 Å². The number of fused-ring (bicyclic) bond motifs is 1. The summed E-state index contributed by atoms with van der Waals surface area (Å²) < 4.78 is 29.6. The number of hydrogen-bond donors (Lipinski definition) is 2. The quantitative estimate of drug-likeness (QED) is 0.754. The number of carbonyl (C=O) groups is 1. The van der Waals surface area contributed by atoms with Gasteiger partial charge < -0.3 is 10.6 Å². The third-order valence-corrected chi connectivity index (χ3v) is 4.76. The number of hydrogen-bond acceptors (Lipinski definition) is 4. The molecule has 134 valence electrons. The molecule has 1 saturated heterocycles. The summed E-state index contributed by atoms with van der Waals surface area (Å²) in [5.74, 6) is -1.21. The van der Waals surface area contributed by atoms with E-state index in [2.05, 4.69) is 20.8 Å². The monoisotopic (exact) mass is 357 g/mol. The van der Waals surface area contributed by atoms with Crippen LogP contribution in [0, 0.1) is 11.6 Å². The molecule has 4 rings (SSSR count). The Bertz CT molecular complexity index is 899. The Labute approximate surface area is 148 Å². The Kier molecular flexibility index (Phi) is 4.12. The molecule has 2 N–H and O–H groups in total. The minimum atomic E-state index is -0.759. The molecule has 0 bridgehead atoms. The van der Waals surface area contributed by atoms with E-state index in [9.17, 15) is 13.6 Å². The van der Waals surface area contributed by atoms with Crippen LogP contribution in [0.15, 0.2) is 42.9 Å². The van der Waals surface area contributed by atoms with Gasteiger partial charge in [0, 0.05) is 36.5 Å². The molecule has 1 aromatic rings. The molecule has 3 aliphatic rings. The van der Waals surface area contributed by atoms with Crippen LogP contribution in [0.4, 0.5) is 13.6 Å². The van der Waals surface area contributed by atoms with Crippen molar-refractivity contribution in [3.63, 3.8) is 0 Å². The van der Waals surface area contributed by atoms with Gasteiger partial charge in [0.15, 0.2) is 0 Å². The standard InChI is InChI=1S/C18H17F2N5O/c19-14-2-1-3-15(20)13(14)8-18(5-6-21-11-18)23-17(26)25-7-4-16-12(10-25)9-22-24-16/h1-4,7,9-10,21H,5-6,8,11H2,(H,23,26)/t18-/m0/s1. The lowest BCUT2D eigenvalue weighted by atomic mass is 9.89. The fourth-order valence-corrected chi connectivity index (χ4v) is 3.35. The first-order valence-electron chi connectivity index (χ1n) is 8.32. The van der Waals surface area contributed by atoms with E-state index in [0.717, 1.165) is 5.56 Å². The molecule has 1 atom stereocenters. The van der Waals surface area contributed by atoms with Gasteiger partial charge in [-0.25, -0.2) is 13.6 Å². The van der Waals surface area contributed by atoms with Crippen LogP contribution < -0.4 is 10.6 Å². The first-order valence-corrected chi connectivity index (χ1v) is 8.32. The molecule has 3 aliphatic heterocycles. The fraction of sp³-hybridized carbons (Fsp3) is 0.278. The number of carbonyl (C=O) groups excluding carboxylic acids is 1. The van der Waals surface area contributed by atoms with Gasteiger partial charge in [0.05, 0.1) is 17.4 Å². The van der Waals surface area contributed by atoms with Crippen molar-refractivity contribution in [2.45, 2.75) is 18.4 Å². The number of aromatic nitrogens is 3. The van der Waals surface area contributed by atoms with Crippen LogP contribution in [-0.2, 0) is 6.42 Å². The number of amides is 1. The normalized spacial score (nSPS) is 19.8. The molecule has 0 spiro atoms. The second-order valence-corrected chi connectivity index (χ2v) is 6.55. The second kappa shape index (κ2) is 6.45. The van der Waals surface area contributed by atoms with E-state index in [1.165, 1.54) is 22.8 Å². The van der Waals surface area contributed by atoms with Crippen molar-refractivity contribution in [3.05, 3.63) is 60.1 Å². The van der Waals surface area contributed by atoms with Crippen LogP contribution in [0.5, 0.6) is 0 Å². The van der Waals surface area contributed by atoms with E-state index in [1.807, 2.05) is 0 Å². The minimum Gasteiger partial charge on any atom is -0.330 e. The zero-order chi connectivity index (χ0) is 18.1. The Morgan fingerprint density at radius 2 is 2.12 bits per heavy atom. The summed E-state index contributed by atoms with van der Waals surface area (Å²) in [5, 5.41) is 13.9. The van der Waals surface area contributed by atoms with Crippen LogP contribution in [-0.4, -0.2) is 39.4 Å². The number of benzene rings is 1. The molecule has 1 fully saturated rings. The molecule has 0 saturated carbocycles. The summed E-state index contributed by atoms with van der Waals surface area (Å²) in [6.07, 6.45) is 5.44. The highest BCUT2D eigenvalue weighted by atomic mass is 19.1. The molecule has 1 aromatic carbocycles. The lowest BCUT2D eigenvalue weighted by Gasteiger charge is -2.30. The Balaban J connectivity index is 1.60. The number of halogens is 2. The third-order valence-electron chi connectivity index (χ3n) is 4.76. The molecule has 0 aliphatic carbocycles. The van der Waals surface area contributed by atoms with E-state index >= 15 is 0 Å². The van der Waals surface area contributed by atoms with Crippen LogP contribution >= 0.6 is 0 Å². The minimum absolute atomic E-state index is 0.0126. The van der Waals surface area contributed by atoms with Crippen molar-refractivity contribution in [1.29, 1.82) is 0 Å². The first kappa shape index (κ1) is 16.6. The molecule has 1 amide bonds. The van der Waals surface area contributed by atoms with Gasteiger partial charge >= 0.3 is 6.03 Å². The van der Waals surface area contributed by atoms with Gasteiger partial charge in [-0.2, -0.15) is 10.2 Å². The lowest BCUT2D eigenvalue weighted by Crippen LogP contribution is -2.53. The number of rotatable bonds is 3. The predicted molar refractivity (Wildman–Crippen MR) is 90.9 cm³/mol. The summed E-state index contributed by atoms with van der Waals surface area (Å²) >= 11 is 0. The zero-order valence-corrected chi connectivity index (χ0v) is 13.9. The summed E-state index contributed by atoms with van der Waals surface area (Å²) in [5.41, 5.74) is 0.660.